The number of likely N-dealkylation sites (tertiary alicyclic amines) is 1. The first-order valence-electron chi connectivity index (χ1n) is 14.0. The van der Waals surface area contributed by atoms with Gasteiger partial charge in [-0.15, -0.1) is 0 Å². The number of imidazole rings is 1. The molecule has 0 saturated carbocycles. The first-order chi connectivity index (χ1) is 19.9. The number of halogens is 2. The second-order valence-electron chi connectivity index (χ2n) is 10.8. The maximum Gasteiger partial charge on any atom is 0.335 e. The van der Waals surface area contributed by atoms with Crippen molar-refractivity contribution in [2.75, 3.05) is 19.7 Å². The van der Waals surface area contributed by atoms with Gasteiger partial charge < -0.3 is 19.1 Å². The van der Waals surface area contributed by atoms with Crippen LogP contribution in [-0.4, -0.2) is 56.3 Å². The normalized spacial score (nSPS) is 18.8. The van der Waals surface area contributed by atoms with Crippen molar-refractivity contribution in [2.45, 2.75) is 57.4 Å². The number of ether oxygens (including phenoxy) is 2. The number of nitrogens with zero attached hydrogens (tertiary/aromatic N) is 4. The van der Waals surface area contributed by atoms with Crippen LogP contribution in [0.2, 0.25) is 0 Å². The maximum absolute atomic E-state index is 14.0. The van der Waals surface area contributed by atoms with Gasteiger partial charge in [0.1, 0.15) is 24.1 Å². The van der Waals surface area contributed by atoms with E-state index in [1.807, 2.05) is 12.1 Å². The summed E-state index contributed by atoms with van der Waals surface area (Å²) >= 11 is 0. The maximum atomic E-state index is 14.0. The van der Waals surface area contributed by atoms with Crippen LogP contribution in [-0.2, 0) is 17.9 Å². The van der Waals surface area contributed by atoms with Gasteiger partial charge in [-0.3, -0.25) is 4.90 Å². The Morgan fingerprint density at radius 1 is 1.10 bits per heavy atom. The highest BCUT2D eigenvalue weighted by molar-refractivity contribution is 5.92. The van der Waals surface area contributed by atoms with Crippen molar-refractivity contribution in [3.8, 4) is 5.88 Å². The molecule has 2 aromatic carbocycles. The lowest BCUT2D eigenvalue weighted by molar-refractivity contribution is -0.0594. The molecule has 10 heteroatoms. The Balaban J connectivity index is 1.14. The van der Waals surface area contributed by atoms with Crippen LogP contribution in [0.1, 0.15) is 65.6 Å². The molecule has 214 valence electrons. The van der Waals surface area contributed by atoms with E-state index in [0.717, 1.165) is 79.7 Å². The zero-order valence-electron chi connectivity index (χ0n) is 22.8. The van der Waals surface area contributed by atoms with E-state index >= 15 is 0 Å². The number of rotatable bonds is 9. The van der Waals surface area contributed by atoms with E-state index in [4.69, 9.17) is 14.5 Å². The van der Waals surface area contributed by atoms with Crippen molar-refractivity contribution in [3.05, 3.63) is 88.9 Å². The molecule has 1 N–H and O–H groups in total. The molecule has 0 bridgehead atoms. The number of aromatic carboxylic acids is 1. The van der Waals surface area contributed by atoms with Crippen LogP contribution >= 0.6 is 0 Å². The fraction of sp³-hybridized carbons (Fsp3) is 0.387. The number of hydrogen-bond acceptors (Lipinski definition) is 6. The van der Waals surface area contributed by atoms with Crippen LogP contribution in [0, 0.1) is 11.6 Å². The van der Waals surface area contributed by atoms with Crippen LogP contribution in [0.4, 0.5) is 8.78 Å². The molecule has 8 nitrogen and oxygen atoms in total. The summed E-state index contributed by atoms with van der Waals surface area (Å²) in [5.41, 5.74) is 2.91. The fourth-order valence-corrected chi connectivity index (χ4v) is 5.71. The average molecular weight is 563 g/mol. The summed E-state index contributed by atoms with van der Waals surface area (Å²) in [6, 6.07) is 14.0. The minimum Gasteiger partial charge on any atom is -0.478 e. The van der Waals surface area contributed by atoms with Crippen molar-refractivity contribution in [1.82, 2.24) is 19.4 Å². The Bertz CT molecular complexity index is 1560. The molecule has 0 aliphatic carbocycles. The van der Waals surface area contributed by atoms with Gasteiger partial charge in [-0.05, 0) is 81.7 Å². The highest BCUT2D eigenvalue weighted by Crippen LogP contribution is 2.34. The molecule has 0 amide bonds. The SMILES string of the molecule is C[C@@H](c1nc2ccc(C(=O)O)cc2n1CC1CCO1)N1CCC(c2cccc(OCc3cc(F)ccc3F)n2)CC1. The van der Waals surface area contributed by atoms with Gasteiger partial charge in [0.2, 0.25) is 5.88 Å². The van der Waals surface area contributed by atoms with Crippen LogP contribution in [0.15, 0.2) is 54.6 Å². The van der Waals surface area contributed by atoms with Crippen molar-refractivity contribution < 1.29 is 28.2 Å². The molecule has 4 heterocycles. The van der Waals surface area contributed by atoms with E-state index in [1.165, 1.54) is 0 Å². The largest absolute Gasteiger partial charge is 0.478 e. The Morgan fingerprint density at radius 2 is 1.90 bits per heavy atom. The van der Waals surface area contributed by atoms with Gasteiger partial charge >= 0.3 is 5.97 Å². The molecule has 0 radical (unpaired) electrons. The first-order valence-corrected chi connectivity index (χ1v) is 14.0. The quantitative estimate of drug-likeness (QED) is 0.279. The third kappa shape index (κ3) is 5.80. The van der Waals surface area contributed by atoms with E-state index in [-0.39, 0.29) is 35.8 Å². The molecule has 4 aromatic rings. The van der Waals surface area contributed by atoms with Crippen molar-refractivity contribution in [2.24, 2.45) is 0 Å². The average Bonchev–Trinajstić information content (AvgIpc) is 3.32. The summed E-state index contributed by atoms with van der Waals surface area (Å²) in [6.45, 7) is 5.13. The summed E-state index contributed by atoms with van der Waals surface area (Å²) in [4.78, 5) is 23.6. The van der Waals surface area contributed by atoms with E-state index in [1.54, 1.807) is 24.3 Å². The Kier molecular flexibility index (Phi) is 7.68. The third-order valence-corrected chi connectivity index (χ3v) is 8.20. The van der Waals surface area contributed by atoms with E-state index in [9.17, 15) is 18.7 Å². The lowest BCUT2D eigenvalue weighted by atomic mass is 9.92. The van der Waals surface area contributed by atoms with Gasteiger partial charge in [-0.2, -0.15) is 0 Å². The van der Waals surface area contributed by atoms with Crippen molar-refractivity contribution >= 4 is 17.0 Å². The zero-order chi connectivity index (χ0) is 28.5. The highest BCUT2D eigenvalue weighted by Gasteiger charge is 2.30. The summed E-state index contributed by atoms with van der Waals surface area (Å²) in [6.07, 6.45) is 2.88. The number of carboxylic acids is 1. The molecule has 2 aromatic heterocycles. The Labute approximate surface area is 236 Å². The Morgan fingerprint density at radius 3 is 2.63 bits per heavy atom. The van der Waals surface area contributed by atoms with Crippen LogP contribution in [0.3, 0.4) is 0 Å². The van der Waals surface area contributed by atoms with Crippen LogP contribution < -0.4 is 4.74 Å². The summed E-state index contributed by atoms with van der Waals surface area (Å²) in [5, 5.41) is 9.53. The fourth-order valence-electron chi connectivity index (χ4n) is 5.71. The molecule has 2 saturated heterocycles. The first kappa shape index (κ1) is 27.3. The number of piperidine rings is 1. The van der Waals surface area contributed by atoms with Crippen LogP contribution in [0.5, 0.6) is 5.88 Å². The number of carboxylic acid groups (broad SMARTS) is 1. The molecule has 6 rings (SSSR count). The smallest absolute Gasteiger partial charge is 0.335 e. The highest BCUT2D eigenvalue weighted by atomic mass is 19.1. The zero-order valence-corrected chi connectivity index (χ0v) is 22.8. The number of carbonyl (C=O) groups is 1. The molecular weight excluding hydrogens is 530 g/mol. The Hall–Kier alpha value is -3.89. The van der Waals surface area contributed by atoms with Gasteiger partial charge in [0, 0.05) is 29.8 Å². The van der Waals surface area contributed by atoms with E-state index < -0.39 is 17.6 Å². The van der Waals surface area contributed by atoms with Crippen molar-refractivity contribution in [1.29, 1.82) is 0 Å². The topological polar surface area (TPSA) is 89.7 Å². The summed E-state index contributed by atoms with van der Waals surface area (Å²) in [7, 11) is 0. The van der Waals surface area contributed by atoms with E-state index in [2.05, 4.69) is 21.4 Å². The summed E-state index contributed by atoms with van der Waals surface area (Å²) < 4.78 is 41.0. The number of aromatic nitrogens is 3. The third-order valence-electron chi connectivity index (χ3n) is 8.20. The van der Waals surface area contributed by atoms with Gasteiger partial charge in [-0.1, -0.05) is 6.07 Å². The van der Waals surface area contributed by atoms with Gasteiger partial charge in [0.15, 0.2) is 0 Å². The minimum atomic E-state index is -0.958. The standard InChI is InChI=1S/C31H32F2N4O4/c1-19(30-35-27-8-5-21(31(38)39)16-28(27)37(30)17-24-11-14-40-24)36-12-9-20(10-13-36)26-3-2-4-29(34-26)41-18-22-15-23(32)6-7-25(22)33/h2-8,15-16,19-20,24H,9-14,17-18H2,1H3,(H,38,39)/t19-,24?/m0/s1. The molecule has 2 aliphatic heterocycles. The van der Waals surface area contributed by atoms with Gasteiger partial charge in [0.05, 0.1) is 35.3 Å². The molecule has 2 aliphatic rings. The second-order valence-corrected chi connectivity index (χ2v) is 10.8. The molecule has 2 fully saturated rings. The molecular formula is C31H32F2N4O4. The molecule has 41 heavy (non-hydrogen) atoms. The minimum absolute atomic E-state index is 0.0282. The number of fused-ring (bicyclic) bond motifs is 1. The molecule has 2 atom stereocenters. The lowest BCUT2D eigenvalue weighted by Gasteiger charge is -2.36. The summed E-state index contributed by atoms with van der Waals surface area (Å²) in [5.74, 6) is -0.442. The van der Waals surface area contributed by atoms with Gasteiger partial charge in [-0.25, -0.2) is 23.5 Å². The second kappa shape index (κ2) is 11.5. The van der Waals surface area contributed by atoms with Gasteiger partial charge in [0.25, 0.3) is 0 Å². The molecule has 0 spiro atoms. The van der Waals surface area contributed by atoms with E-state index in [0.29, 0.717) is 12.4 Å². The molecule has 1 unspecified atom stereocenters. The predicted octanol–water partition coefficient (Wildman–Crippen LogP) is 5.72. The monoisotopic (exact) mass is 562 g/mol. The predicted molar refractivity (Wildman–Crippen MR) is 148 cm³/mol. The number of pyridine rings is 1. The van der Waals surface area contributed by atoms with Crippen molar-refractivity contribution in [3.63, 3.8) is 0 Å². The number of hydrogen-bond donors (Lipinski definition) is 1. The lowest BCUT2D eigenvalue weighted by Crippen LogP contribution is -2.37. The number of benzene rings is 2. The van der Waals surface area contributed by atoms with Crippen LogP contribution in [0.25, 0.3) is 11.0 Å².